The van der Waals surface area contributed by atoms with E-state index in [0.717, 1.165) is 4.68 Å². The fourth-order valence-corrected chi connectivity index (χ4v) is 4.96. The third-order valence-electron chi connectivity index (χ3n) is 6.84. The van der Waals surface area contributed by atoms with Crippen LogP contribution in [0.2, 0.25) is 0 Å². The van der Waals surface area contributed by atoms with E-state index in [1.54, 1.807) is 23.1 Å². The van der Waals surface area contributed by atoms with Gasteiger partial charge in [0.15, 0.2) is 29.0 Å². The highest BCUT2D eigenvalue weighted by molar-refractivity contribution is 5.93. The molecule has 35 heavy (non-hydrogen) atoms. The molecule has 1 amide bonds. The number of carbonyl (C=O) groups excluding carboxylic acids is 1. The van der Waals surface area contributed by atoms with Gasteiger partial charge in [-0.25, -0.2) is 4.68 Å². The number of benzene rings is 1. The minimum Gasteiger partial charge on any atom is -0.493 e. The summed E-state index contributed by atoms with van der Waals surface area (Å²) in [7, 11) is 2.96. The lowest BCUT2D eigenvalue weighted by atomic mass is 9.96. The van der Waals surface area contributed by atoms with Crippen LogP contribution in [0.1, 0.15) is 47.4 Å². The van der Waals surface area contributed by atoms with Crippen molar-refractivity contribution in [2.75, 3.05) is 45.8 Å². The van der Waals surface area contributed by atoms with Crippen LogP contribution < -0.4 is 14.8 Å². The Bertz CT molecular complexity index is 1090. The quantitative estimate of drug-likeness (QED) is 0.693. The Labute approximate surface area is 200 Å². The predicted molar refractivity (Wildman–Crippen MR) is 118 cm³/mol. The van der Waals surface area contributed by atoms with Gasteiger partial charge in [-0.15, -0.1) is 0 Å². The molecule has 0 aliphatic carbocycles. The Balaban J connectivity index is 1.39. The smallest absolute Gasteiger partial charge is 0.410 e. The van der Waals surface area contributed by atoms with E-state index in [1.807, 2.05) is 0 Å². The molecule has 2 atom stereocenters. The van der Waals surface area contributed by atoms with Crippen LogP contribution in [0.4, 0.5) is 19.0 Å². The number of rotatable bonds is 4. The lowest BCUT2D eigenvalue weighted by Crippen LogP contribution is -2.47. The van der Waals surface area contributed by atoms with E-state index in [2.05, 4.69) is 10.4 Å². The number of anilines is 1. The lowest BCUT2D eigenvalue weighted by molar-refractivity contribution is -0.181. The Morgan fingerprint density at radius 2 is 1.80 bits per heavy atom. The van der Waals surface area contributed by atoms with Crippen LogP contribution in [0.15, 0.2) is 24.3 Å². The largest absolute Gasteiger partial charge is 0.493 e. The molecule has 1 aromatic heterocycles. The number of carbonyl (C=O) groups is 1. The maximum absolute atomic E-state index is 14.1. The average molecular weight is 496 g/mol. The van der Waals surface area contributed by atoms with Crippen molar-refractivity contribution in [2.45, 2.75) is 43.3 Å². The van der Waals surface area contributed by atoms with E-state index < -0.39 is 30.0 Å². The molecule has 190 valence electrons. The summed E-state index contributed by atoms with van der Waals surface area (Å²) >= 11 is 0. The average Bonchev–Trinajstić information content (AvgIpc) is 3.49. The zero-order chi connectivity index (χ0) is 24.8. The van der Waals surface area contributed by atoms with E-state index in [4.69, 9.17) is 18.9 Å². The molecule has 2 fully saturated rings. The molecule has 0 radical (unpaired) electrons. The number of halogens is 3. The summed E-state index contributed by atoms with van der Waals surface area (Å²) in [5.74, 6) is -0.0277. The second-order valence-electron chi connectivity index (χ2n) is 8.86. The molecule has 1 aromatic carbocycles. The van der Waals surface area contributed by atoms with Gasteiger partial charge in [0, 0.05) is 38.4 Å². The molecule has 1 N–H and O–H groups in total. The third kappa shape index (κ3) is 4.40. The number of nitrogens with zero attached hydrogens (tertiary/aromatic N) is 3. The fraction of sp³-hybridized carbons (Fsp3) is 0.565. The van der Waals surface area contributed by atoms with Gasteiger partial charge in [-0.1, -0.05) is 6.07 Å². The second kappa shape index (κ2) is 8.90. The van der Waals surface area contributed by atoms with Crippen LogP contribution >= 0.6 is 0 Å². The fourth-order valence-electron chi connectivity index (χ4n) is 4.96. The summed E-state index contributed by atoms with van der Waals surface area (Å²) < 4.78 is 64.9. The molecule has 0 bridgehead atoms. The van der Waals surface area contributed by atoms with Crippen LogP contribution in [0.3, 0.4) is 0 Å². The Morgan fingerprint density at radius 1 is 1.11 bits per heavy atom. The highest BCUT2D eigenvalue weighted by Crippen LogP contribution is 2.45. The van der Waals surface area contributed by atoms with Crippen molar-refractivity contribution < 1.29 is 36.9 Å². The van der Waals surface area contributed by atoms with Crippen molar-refractivity contribution in [3.63, 3.8) is 0 Å². The normalized spacial score (nSPS) is 23.6. The third-order valence-corrected chi connectivity index (χ3v) is 6.84. The lowest BCUT2D eigenvalue weighted by Gasteiger charge is -2.37. The predicted octanol–water partition coefficient (Wildman–Crippen LogP) is 3.54. The molecule has 1 spiro atoms. The van der Waals surface area contributed by atoms with E-state index in [1.165, 1.54) is 20.3 Å². The first-order chi connectivity index (χ1) is 16.7. The minimum atomic E-state index is -4.55. The number of ether oxygens (including phenoxy) is 4. The molecule has 4 heterocycles. The number of piperidine rings is 1. The number of aromatic nitrogens is 2. The first kappa shape index (κ1) is 23.7. The molecular formula is C23H27F3N4O5. The minimum absolute atomic E-state index is 0.0288. The van der Waals surface area contributed by atoms with Crippen LogP contribution in [-0.4, -0.2) is 73.1 Å². The summed E-state index contributed by atoms with van der Waals surface area (Å²) in [4.78, 5) is 14.7. The standard InChI is InChI=1S/C23H27F3N4O5/c1-32-17-4-3-14(11-18(17)33-2)15-12-19(23(24,25)26)30-20(27-15)13-16(28-30)21(31)29-7-5-22(6-8-29)34-9-10-35-22/h3-4,11,13,15,19,27H,5-10,12H2,1-2H3/t15-,19+/m0/s1. The summed E-state index contributed by atoms with van der Waals surface area (Å²) in [6.45, 7) is 1.80. The van der Waals surface area contributed by atoms with Gasteiger partial charge >= 0.3 is 6.18 Å². The molecule has 3 aliphatic rings. The molecule has 12 heteroatoms. The van der Waals surface area contributed by atoms with E-state index in [-0.39, 0.29) is 17.9 Å². The van der Waals surface area contributed by atoms with Gasteiger partial charge in [-0.05, 0) is 17.7 Å². The molecule has 0 unspecified atom stereocenters. The second-order valence-corrected chi connectivity index (χ2v) is 8.86. The first-order valence-corrected chi connectivity index (χ1v) is 11.4. The van der Waals surface area contributed by atoms with Crippen molar-refractivity contribution in [3.8, 4) is 11.5 Å². The van der Waals surface area contributed by atoms with Gasteiger partial charge in [0.25, 0.3) is 5.91 Å². The number of amides is 1. The van der Waals surface area contributed by atoms with Gasteiger partial charge < -0.3 is 29.2 Å². The Morgan fingerprint density at radius 3 is 2.43 bits per heavy atom. The van der Waals surface area contributed by atoms with Gasteiger partial charge in [0.05, 0.1) is 33.5 Å². The van der Waals surface area contributed by atoms with Crippen molar-refractivity contribution in [2.24, 2.45) is 0 Å². The number of hydrogen-bond donors (Lipinski definition) is 1. The zero-order valence-corrected chi connectivity index (χ0v) is 19.4. The topological polar surface area (TPSA) is 87.1 Å². The summed E-state index contributed by atoms with van der Waals surface area (Å²) in [5.41, 5.74) is 0.578. The molecule has 9 nitrogen and oxygen atoms in total. The highest BCUT2D eigenvalue weighted by atomic mass is 19.4. The number of fused-ring (bicyclic) bond motifs is 1. The highest BCUT2D eigenvalue weighted by Gasteiger charge is 2.47. The van der Waals surface area contributed by atoms with Gasteiger partial charge in [0.2, 0.25) is 0 Å². The maximum Gasteiger partial charge on any atom is 0.410 e. The molecule has 3 aliphatic heterocycles. The SMILES string of the molecule is COc1ccc([C@@H]2C[C@H](C(F)(F)F)n3nc(C(=O)N4CCC5(CC4)OCCO5)cc3N2)cc1OC. The maximum atomic E-state index is 14.1. The first-order valence-electron chi connectivity index (χ1n) is 11.4. The number of hydrogen-bond acceptors (Lipinski definition) is 7. The molecular weight excluding hydrogens is 469 g/mol. The van der Waals surface area contributed by atoms with E-state index in [0.29, 0.717) is 56.2 Å². The van der Waals surface area contributed by atoms with Crippen molar-refractivity contribution >= 4 is 11.7 Å². The summed E-state index contributed by atoms with van der Waals surface area (Å²) in [6, 6.07) is 3.84. The monoisotopic (exact) mass is 496 g/mol. The Hall–Kier alpha value is -2.99. The molecule has 5 rings (SSSR count). The van der Waals surface area contributed by atoms with Crippen LogP contribution in [-0.2, 0) is 9.47 Å². The Kier molecular flexibility index (Phi) is 6.04. The number of methoxy groups -OCH3 is 2. The van der Waals surface area contributed by atoms with Crippen molar-refractivity contribution in [3.05, 3.63) is 35.5 Å². The van der Waals surface area contributed by atoms with Crippen LogP contribution in [0.5, 0.6) is 11.5 Å². The van der Waals surface area contributed by atoms with Crippen LogP contribution in [0, 0.1) is 0 Å². The van der Waals surface area contributed by atoms with Crippen molar-refractivity contribution in [1.29, 1.82) is 0 Å². The van der Waals surface area contributed by atoms with Gasteiger partial charge in [0.1, 0.15) is 5.82 Å². The van der Waals surface area contributed by atoms with Gasteiger partial charge in [-0.2, -0.15) is 18.3 Å². The van der Waals surface area contributed by atoms with Crippen LogP contribution in [0.25, 0.3) is 0 Å². The number of likely N-dealkylation sites (tertiary alicyclic amines) is 1. The van der Waals surface area contributed by atoms with Crippen molar-refractivity contribution in [1.82, 2.24) is 14.7 Å². The molecule has 2 aromatic rings. The summed E-state index contributed by atoms with van der Waals surface area (Å²) in [5, 5.41) is 7.20. The number of nitrogens with one attached hydrogen (secondary N) is 1. The number of alkyl halides is 3. The van der Waals surface area contributed by atoms with E-state index in [9.17, 15) is 18.0 Å². The van der Waals surface area contributed by atoms with Gasteiger partial charge in [-0.3, -0.25) is 4.79 Å². The zero-order valence-electron chi connectivity index (χ0n) is 19.4. The van der Waals surface area contributed by atoms with E-state index >= 15 is 0 Å². The molecule has 0 saturated carbocycles. The summed E-state index contributed by atoms with van der Waals surface area (Å²) in [6.07, 6.45) is -3.82. The molecule has 2 saturated heterocycles.